The minimum atomic E-state index is 0. The van der Waals surface area contributed by atoms with Crippen molar-refractivity contribution in [1.29, 1.82) is 0 Å². The van der Waals surface area contributed by atoms with Gasteiger partial charge >= 0.3 is 0 Å². The molecule has 2 aromatic rings. The lowest BCUT2D eigenvalue weighted by molar-refractivity contribution is -0.120. The third kappa shape index (κ3) is 5.76. The van der Waals surface area contributed by atoms with E-state index in [9.17, 15) is 4.79 Å². The Balaban J connectivity index is 0.00000225. The predicted molar refractivity (Wildman–Crippen MR) is 103 cm³/mol. The molecule has 1 fully saturated rings. The van der Waals surface area contributed by atoms with Gasteiger partial charge in [0.2, 0.25) is 5.91 Å². The number of carbonyl (C=O) groups is 1. The molecule has 25 heavy (non-hydrogen) atoms. The van der Waals surface area contributed by atoms with Crippen LogP contribution in [0.2, 0.25) is 0 Å². The van der Waals surface area contributed by atoms with Crippen molar-refractivity contribution in [3.05, 3.63) is 60.2 Å². The van der Waals surface area contributed by atoms with Gasteiger partial charge in [0.25, 0.3) is 0 Å². The number of anilines is 1. The summed E-state index contributed by atoms with van der Waals surface area (Å²) in [5, 5.41) is 2.98. The van der Waals surface area contributed by atoms with Crippen LogP contribution in [-0.4, -0.2) is 11.9 Å². The minimum Gasteiger partial charge on any atom is -0.489 e. The Morgan fingerprint density at radius 1 is 1.08 bits per heavy atom. The average molecular weight is 361 g/mol. The van der Waals surface area contributed by atoms with Crippen molar-refractivity contribution in [3.63, 3.8) is 0 Å². The molecular weight excluding hydrogens is 336 g/mol. The zero-order valence-electron chi connectivity index (χ0n) is 14.2. The maximum absolute atomic E-state index is 12.3. The van der Waals surface area contributed by atoms with Gasteiger partial charge in [0.1, 0.15) is 12.4 Å². The standard InChI is InChI=1S/C20H24N2O2.ClH/c21-17-8-4-7-16(13-17)20(23)22-18-9-11-19(12-10-18)24-14-15-5-2-1-3-6-15;/h1-3,5-6,9-12,16-17H,4,7-8,13-14,21H2,(H,22,23);1H. The van der Waals surface area contributed by atoms with E-state index < -0.39 is 0 Å². The van der Waals surface area contributed by atoms with Crippen LogP contribution in [0.5, 0.6) is 5.75 Å². The Kier molecular flexibility index (Phi) is 7.29. The summed E-state index contributed by atoms with van der Waals surface area (Å²) in [6, 6.07) is 17.7. The van der Waals surface area contributed by atoms with E-state index in [1.165, 1.54) is 0 Å². The molecule has 0 aromatic heterocycles. The summed E-state index contributed by atoms with van der Waals surface area (Å²) in [7, 11) is 0. The quantitative estimate of drug-likeness (QED) is 0.842. The highest BCUT2D eigenvalue weighted by Gasteiger charge is 2.25. The molecule has 1 aliphatic carbocycles. The van der Waals surface area contributed by atoms with Gasteiger partial charge in [-0.15, -0.1) is 12.4 Å². The molecule has 2 unspecified atom stereocenters. The van der Waals surface area contributed by atoms with Crippen molar-refractivity contribution >= 4 is 24.0 Å². The van der Waals surface area contributed by atoms with Gasteiger partial charge in [0, 0.05) is 17.6 Å². The molecule has 4 nitrogen and oxygen atoms in total. The van der Waals surface area contributed by atoms with Crippen LogP contribution in [0.4, 0.5) is 5.69 Å². The number of amides is 1. The zero-order chi connectivity index (χ0) is 16.8. The predicted octanol–water partition coefficient (Wildman–Crippen LogP) is 4.14. The van der Waals surface area contributed by atoms with E-state index in [0.29, 0.717) is 6.61 Å². The molecule has 3 N–H and O–H groups in total. The molecule has 2 atom stereocenters. The number of hydrogen-bond acceptors (Lipinski definition) is 3. The van der Waals surface area contributed by atoms with Gasteiger partial charge in [-0.25, -0.2) is 0 Å². The number of ether oxygens (including phenoxy) is 1. The van der Waals surface area contributed by atoms with Crippen molar-refractivity contribution in [3.8, 4) is 5.75 Å². The summed E-state index contributed by atoms with van der Waals surface area (Å²) >= 11 is 0. The van der Waals surface area contributed by atoms with Crippen LogP contribution in [-0.2, 0) is 11.4 Å². The zero-order valence-corrected chi connectivity index (χ0v) is 15.0. The first-order valence-corrected chi connectivity index (χ1v) is 8.54. The molecule has 0 heterocycles. The number of rotatable bonds is 5. The first-order chi connectivity index (χ1) is 11.7. The molecule has 5 heteroatoms. The van der Waals surface area contributed by atoms with Gasteiger partial charge in [0.15, 0.2) is 0 Å². The third-order valence-electron chi connectivity index (χ3n) is 4.46. The smallest absolute Gasteiger partial charge is 0.227 e. The van der Waals surface area contributed by atoms with Gasteiger partial charge < -0.3 is 15.8 Å². The lowest BCUT2D eigenvalue weighted by Crippen LogP contribution is -2.34. The second-order valence-corrected chi connectivity index (χ2v) is 6.41. The molecule has 3 rings (SSSR count). The van der Waals surface area contributed by atoms with Crippen LogP contribution in [0, 0.1) is 5.92 Å². The van der Waals surface area contributed by atoms with Crippen LogP contribution < -0.4 is 15.8 Å². The van der Waals surface area contributed by atoms with Gasteiger partial charge in [-0.05, 0) is 49.1 Å². The van der Waals surface area contributed by atoms with E-state index in [1.54, 1.807) is 0 Å². The van der Waals surface area contributed by atoms with E-state index in [2.05, 4.69) is 5.32 Å². The number of benzene rings is 2. The summed E-state index contributed by atoms with van der Waals surface area (Å²) in [4.78, 5) is 12.3. The topological polar surface area (TPSA) is 64.4 Å². The number of nitrogens with two attached hydrogens (primary N) is 1. The summed E-state index contributed by atoms with van der Waals surface area (Å²) in [6.45, 7) is 0.534. The van der Waals surface area contributed by atoms with E-state index in [0.717, 1.165) is 42.7 Å². The summed E-state index contributed by atoms with van der Waals surface area (Å²) in [5.74, 6) is 0.891. The van der Waals surface area contributed by atoms with E-state index in [-0.39, 0.29) is 30.3 Å². The van der Waals surface area contributed by atoms with Crippen LogP contribution in [0.25, 0.3) is 0 Å². The number of carbonyl (C=O) groups excluding carboxylic acids is 1. The monoisotopic (exact) mass is 360 g/mol. The van der Waals surface area contributed by atoms with Crippen LogP contribution >= 0.6 is 12.4 Å². The Labute approximate surface area is 155 Å². The lowest BCUT2D eigenvalue weighted by atomic mass is 9.85. The molecule has 1 saturated carbocycles. The summed E-state index contributed by atoms with van der Waals surface area (Å²) < 4.78 is 5.75. The van der Waals surface area contributed by atoms with E-state index in [4.69, 9.17) is 10.5 Å². The van der Waals surface area contributed by atoms with E-state index >= 15 is 0 Å². The Morgan fingerprint density at radius 2 is 1.80 bits per heavy atom. The van der Waals surface area contributed by atoms with Crippen LogP contribution in [0.15, 0.2) is 54.6 Å². The number of nitrogens with one attached hydrogen (secondary N) is 1. The molecule has 1 amide bonds. The molecule has 1 aliphatic rings. The molecule has 0 saturated heterocycles. The lowest BCUT2D eigenvalue weighted by Gasteiger charge is -2.25. The SMILES string of the molecule is Cl.NC1CCCC(C(=O)Nc2ccc(OCc3ccccc3)cc2)C1. The third-order valence-corrected chi connectivity index (χ3v) is 4.46. The first kappa shape index (κ1) is 19.3. The van der Waals surface area contributed by atoms with Crippen molar-refractivity contribution in [1.82, 2.24) is 0 Å². The van der Waals surface area contributed by atoms with Crippen molar-refractivity contribution in [2.75, 3.05) is 5.32 Å². The fourth-order valence-electron chi connectivity index (χ4n) is 3.09. The molecule has 0 bridgehead atoms. The highest BCUT2D eigenvalue weighted by molar-refractivity contribution is 5.92. The maximum atomic E-state index is 12.3. The highest BCUT2D eigenvalue weighted by Crippen LogP contribution is 2.25. The Morgan fingerprint density at radius 3 is 2.48 bits per heavy atom. The van der Waals surface area contributed by atoms with Crippen LogP contribution in [0.3, 0.4) is 0 Å². The van der Waals surface area contributed by atoms with Gasteiger partial charge in [-0.1, -0.05) is 36.8 Å². The fourth-order valence-corrected chi connectivity index (χ4v) is 3.09. The number of hydrogen-bond donors (Lipinski definition) is 2. The second-order valence-electron chi connectivity index (χ2n) is 6.41. The van der Waals surface area contributed by atoms with Crippen molar-refractivity contribution in [2.45, 2.75) is 38.3 Å². The van der Waals surface area contributed by atoms with E-state index in [1.807, 2.05) is 54.6 Å². The second kappa shape index (κ2) is 9.44. The van der Waals surface area contributed by atoms with Gasteiger partial charge in [-0.3, -0.25) is 4.79 Å². The van der Waals surface area contributed by atoms with Crippen molar-refractivity contribution < 1.29 is 9.53 Å². The Hall–Kier alpha value is -2.04. The molecule has 2 aromatic carbocycles. The minimum absolute atomic E-state index is 0. The maximum Gasteiger partial charge on any atom is 0.227 e. The number of halogens is 1. The fraction of sp³-hybridized carbons (Fsp3) is 0.350. The summed E-state index contributed by atoms with van der Waals surface area (Å²) in [6.07, 6.45) is 3.77. The highest BCUT2D eigenvalue weighted by atomic mass is 35.5. The molecule has 134 valence electrons. The molecule has 0 spiro atoms. The largest absolute Gasteiger partial charge is 0.489 e. The van der Waals surface area contributed by atoms with Gasteiger partial charge in [0.05, 0.1) is 0 Å². The summed E-state index contributed by atoms with van der Waals surface area (Å²) in [5.41, 5.74) is 7.89. The van der Waals surface area contributed by atoms with Crippen molar-refractivity contribution in [2.24, 2.45) is 11.7 Å². The van der Waals surface area contributed by atoms with Crippen LogP contribution in [0.1, 0.15) is 31.2 Å². The molecule has 0 radical (unpaired) electrons. The molecule has 0 aliphatic heterocycles. The Bertz CT molecular complexity index is 661. The normalized spacial score (nSPS) is 19.6. The van der Waals surface area contributed by atoms with Gasteiger partial charge in [-0.2, -0.15) is 0 Å². The first-order valence-electron chi connectivity index (χ1n) is 8.54. The average Bonchev–Trinajstić information content (AvgIpc) is 2.62. The molecular formula is C20H25ClN2O2.